The van der Waals surface area contributed by atoms with Crippen LogP contribution in [0.2, 0.25) is 0 Å². The molecule has 1 heterocycles. The minimum Gasteiger partial charge on any atom is -0.476 e. The number of rotatable bonds is 4. The Bertz CT molecular complexity index is 665. The molecule has 0 aliphatic rings. The van der Waals surface area contributed by atoms with E-state index in [4.69, 9.17) is 5.11 Å². The molecule has 7 heteroatoms. The maximum Gasteiger partial charge on any atom is 0.356 e. The van der Waals surface area contributed by atoms with Gasteiger partial charge in [-0.25, -0.2) is 14.2 Å². The van der Waals surface area contributed by atoms with Crippen molar-refractivity contribution >= 4 is 34.9 Å². The molecular weight excluding hydrogens is 301 g/mol. The molecule has 0 bridgehead atoms. The largest absolute Gasteiger partial charge is 0.476 e. The molecule has 0 aliphatic heterocycles. The van der Waals surface area contributed by atoms with Crippen molar-refractivity contribution in [3.05, 3.63) is 34.6 Å². The molecule has 2 rings (SSSR count). The second-order valence-electron chi connectivity index (χ2n) is 3.88. The summed E-state index contributed by atoms with van der Waals surface area (Å²) in [7, 11) is 0. The summed E-state index contributed by atoms with van der Waals surface area (Å²) >= 11 is 2.23. The molecule has 0 unspecified atom stereocenters. The zero-order valence-electron chi connectivity index (χ0n) is 10.6. The van der Waals surface area contributed by atoms with Crippen molar-refractivity contribution in [2.45, 2.75) is 11.8 Å². The van der Waals surface area contributed by atoms with Gasteiger partial charge >= 0.3 is 5.97 Å². The molecule has 0 aliphatic carbocycles. The van der Waals surface area contributed by atoms with Crippen molar-refractivity contribution in [3.8, 4) is 10.6 Å². The molecule has 1 N–H and O–H groups in total. The van der Waals surface area contributed by atoms with Gasteiger partial charge in [-0.2, -0.15) is 0 Å². The van der Waals surface area contributed by atoms with E-state index in [0.717, 1.165) is 11.3 Å². The predicted molar refractivity (Wildman–Crippen MR) is 76.3 cm³/mol. The number of Topliss-reactive ketones (excluding diaryl/α,β-unsaturated/α-hetero) is 1. The van der Waals surface area contributed by atoms with Crippen molar-refractivity contribution in [3.63, 3.8) is 0 Å². The van der Waals surface area contributed by atoms with Crippen LogP contribution in [0, 0.1) is 5.82 Å². The van der Waals surface area contributed by atoms with Crippen molar-refractivity contribution in [1.82, 2.24) is 4.98 Å². The van der Waals surface area contributed by atoms with Gasteiger partial charge in [-0.3, -0.25) is 4.79 Å². The molecule has 1 aromatic heterocycles. The van der Waals surface area contributed by atoms with Crippen LogP contribution in [0.5, 0.6) is 0 Å². The van der Waals surface area contributed by atoms with Crippen molar-refractivity contribution in [2.24, 2.45) is 0 Å². The Morgan fingerprint density at radius 3 is 2.60 bits per heavy atom. The van der Waals surface area contributed by atoms with Crippen LogP contribution >= 0.6 is 23.1 Å². The quantitative estimate of drug-likeness (QED) is 0.690. The minimum absolute atomic E-state index is 0.0304. The Kier molecular flexibility index (Phi) is 4.20. The number of carboxylic acid groups (broad SMARTS) is 1. The van der Waals surface area contributed by atoms with E-state index in [9.17, 15) is 14.0 Å². The second-order valence-corrected chi connectivity index (χ2v) is 5.72. The van der Waals surface area contributed by atoms with Gasteiger partial charge in [-0.1, -0.05) is 6.07 Å². The first-order chi connectivity index (χ1) is 9.45. The average molecular weight is 311 g/mol. The fourth-order valence-corrected chi connectivity index (χ4v) is 3.38. The van der Waals surface area contributed by atoms with Crippen molar-refractivity contribution in [2.75, 3.05) is 6.26 Å². The number of ketones is 1. The predicted octanol–water partition coefficient (Wildman–Crippen LogP) is 3.57. The van der Waals surface area contributed by atoms with Crippen molar-refractivity contribution < 1.29 is 19.1 Å². The molecule has 104 valence electrons. The van der Waals surface area contributed by atoms with Crippen LogP contribution in [0.1, 0.15) is 27.1 Å². The highest BCUT2D eigenvalue weighted by molar-refractivity contribution is 7.98. The van der Waals surface area contributed by atoms with Crippen LogP contribution in [-0.4, -0.2) is 28.1 Å². The minimum atomic E-state index is -1.29. The highest BCUT2D eigenvalue weighted by Gasteiger charge is 2.23. The van der Waals surface area contributed by atoms with Crippen LogP contribution in [-0.2, 0) is 0 Å². The average Bonchev–Trinajstić information content (AvgIpc) is 2.83. The number of halogens is 1. The Hall–Kier alpha value is -1.73. The normalized spacial score (nSPS) is 10.6. The van der Waals surface area contributed by atoms with Gasteiger partial charge in [0, 0.05) is 11.8 Å². The summed E-state index contributed by atoms with van der Waals surface area (Å²) in [6.07, 6.45) is 1.79. The third-order valence-corrected chi connectivity index (χ3v) is 4.51. The molecule has 0 radical (unpaired) electrons. The van der Waals surface area contributed by atoms with E-state index >= 15 is 0 Å². The molecule has 4 nitrogen and oxygen atoms in total. The molecule has 0 amide bonds. The van der Waals surface area contributed by atoms with E-state index in [2.05, 4.69) is 4.98 Å². The summed E-state index contributed by atoms with van der Waals surface area (Å²) in [6.45, 7) is 1.26. The van der Waals surface area contributed by atoms with E-state index in [0.29, 0.717) is 4.90 Å². The van der Waals surface area contributed by atoms with E-state index in [-0.39, 0.29) is 21.1 Å². The van der Waals surface area contributed by atoms with Crippen LogP contribution in [0.4, 0.5) is 4.39 Å². The van der Waals surface area contributed by atoms with Gasteiger partial charge in [-0.05, 0) is 18.4 Å². The van der Waals surface area contributed by atoms with Crippen molar-refractivity contribution in [1.29, 1.82) is 0 Å². The summed E-state index contributed by atoms with van der Waals surface area (Å²) in [5.74, 6) is -2.18. The molecule has 2 aromatic rings. The number of benzene rings is 1. The number of hydrogen-bond donors (Lipinski definition) is 1. The first kappa shape index (κ1) is 14.7. The molecule has 0 spiro atoms. The number of carboxylic acids is 1. The molecule has 0 saturated heterocycles. The lowest BCUT2D eigenvalue weighted by Gasteiger charge is -2.04. The fourth-order valence-electron chi connectivity index (χ4n) is 1.69. The van der Waals surface area contributed by atoms with E-state index < -0.39 is 17.6 Å². The van der Waals surface area contributed by atoms with E-state index in [1.807, 2.05) is 0 Å². The third-order valence-electron chi connectivity index (χ3n) is 2.56. The van der Waals surface area contributed by atoms with Gasteiger partial charge in [0.15, 0.2) is 11.5 Å². The van der Waals surface area contributed by atoms with Gasteiger partial charge in [0.1, 0.15) is 15.7 Å². The van der Waals surface area contributed by atoms with Gasteiger partial charge in [0.25, 0.3) is 0 Å². The SMILES string of the molecule is CSc1cccc(F)c1-c1nc(C(=O)O)c(C(C)=O)s1. The summed E-state index contributed by atoms with van der Waals surface area (Å²) < 4.78 is 14.0. The highest BCUT2D eigenvalue weighted by atomic mass is 32.2. The number of aromatic nitrogens is 1. The number of thioether (sulfide) groups is 1. The molecule has 20 heavy (non-hydrogen) atoms. The van der Waals surface area contributed by atoms with E-state index in [1.165, 1.54) is 24.8 Å². The number of thiazole rings is 1. The van der Waals surface area contributed by atoms with Gasteiger partial charge < -0.3 is 5.11 Å². The van der Waals surface area contributed by atoms with Crippen LogP contribution in [0.25, 0.3) is 10.6 Å². The Labute approximate surface area is 122 Å². The molecule has 0 atom stereocenters. The Morgan fingerprint density at radius 1 is 1.40 bits per heavy atom. The summed E-state index contributed by atoms with van der Waals surface area (Å²) in [6, 6.07) is 4.57. The smallest absolute Gasteiger partial charge is 0.356 e. The number of hydrogen-bond acceptors (Lipinski definition) is 5. The zero-order chi connectivity index (χ0) is 14.9. The highest BCUT2D eigenvalue weighted by Crippen LogP contribution is 2.36. The van der Waals surface area contributed by atoms with Crippen LogP contribution < -0.4 is 0 Å². The monoisotopic (exact) mass is 311 g/mol. The van der Waals surface area contributed by atoms with Crippen LogP contribution in [0.15, 0.2) is 23.1 Å². The zero-order valence-corrected chi connectivity index (χ0v) is 12.3. The fraction of sp³-hybridized carbons (Fsp3) is 0.154. The number of carbonyl (C=O) groups is 2. The topological polar surface area (TPSA) is 67.3 Å². The van der Waals surface area contributed by atoms with E-state index in [1.54, 1.807) is 18.4 Å². The third kappa shape index (κ3) is 2.59. The molecule has 0 saturated carbocycles. The van der Waals surface area contributed by atoms with Gasteiger partial charge in [0.05, 0.1) is 5.56 Å². The lowest BCUT2D eigenvalue weighted by atomic mass is 10.2. The number of aromatic carboxylic acids is 1. The molecule has 1 aromatic carbocycles. The van der Waals surface area contributed by atoms with Gasteiger partial charge in [-0.15, -0.1) is 23.1 Å². The number of carbonyl (C=O) groups excluding carboxylic acids is 1. The summed E-state index contributed by atoms with van der Waals surface area (Å²) in [5, 5.41) is 9.27. The standard InChI is InChI=1S/C13H10FNO3S2/c1-6(16)11-10(13(17)18)15-12(20-11)9-7(14)4-3-5-8(9)19-2/h3-5H,1-2H3,(H,17,18). The van der Waals surface area contributed by atoms with Crippen LogP contribution in [0.3, 0.4) is 0 Å². The summed E-state index contributed by atoms with van der Waals surface area (Å²) in [4.78, 5) is 27.2. The lowest BCUT2D eigenvalue weighted by molar-refractivity contribution is 0.0687. The Morgan fingerprint density at radius 2 is 2.10 bits per heavy atom. The maximum atomic E-state index is 14.0. The maximum absolute atomic E-state index is 14.0. The number of nitrogens with zero attached hydrogens (tertiary/aromatic N) is 1. The second kappa shape index (κ2) is 5.72. The first-order valence-corrected chi connectivity index (χ1v) is 7.57. The molecule has 0 fully saturated rings. The van der Waals surface area contributed by atoms with Gasteiger partial charge in [0.2, 0.25) is 0 Å². The molecular formula is C13H10FNO3S2. The Balaban J connectivity index is 2.68. The first-order valence-electron chi connectivity index (χ1n) is 5.53. The lowest BCUT2D eigenvalue weighted by Crippen LogP contribution is -2.03. The summed E-state index contributed by atoms with van der Waals surface area (Å²) in [5.41, 5.74) is -0.0900.